The number of rotatable bonds is 5. The molecule has 0 saturated carbocycles. The molecule has 0 unspecified atom stereocenters. The number of likely N-dealkylation sites (tertiary alicyclic amines) is 1. The number of furan rings is 1. The minimum Gasteiger partial charge on any atom is -0.442 e. The van der Waals surface area contributed by atoms with Gasteiger partial charge in [0.1, 0.15) is 5.69 Å². The third kappa shape index (κ3) is 4.42. The van der Waals surface area contributed by atoms with Gasteiger partial charge in [-0.1, -0.05) is 17.7 Å². The van der Waals surface area contributed by atoms with E-state index in [0.717, 1.165) is 16.8 Å². The fourth-order valence-electron chi connectivity index (χ4n) is 3.67. The largest absolute Gasteiger partial charge is 0.442 e. The zero-order valence-electron chi connectivity index (χ0n) is 17.8. The second-order valence-corrected chi connectivity index (χ2v) is 9.64. The first-order valence-corrected chi connectivity index (χ1v) is 11.7. The zero-order valence-corrected chi connectivity index (χ0v) is 18.6. The fourth-order valence-corrected chi connectivity index (χ4v) is 4.91. The van der Waals surface area contributed by atoms with Crippen molar-refractivity contribution in [2.45, 2.75) is 44.7 Å². The van der Waals surface area contributed by atoms with Gasteiger partial charge in [-0.05, 0) is 57.9 Å². The number of amides is 1. The van der Waals surface area contributed by atoms with Crippen LogP contribution in [-0.2, 0) is 10.0 Å². The number of aromatic amines is 1. The van der Waals surface area contributed by atoms with E-state index in [2.05, 4.69) is 14.9 Å². The molecule has 2 aromatic heterocycles. The highest BCUT2D eigenvalue weighted by Crippen LogP contribution is 2.27. The molecule has 0 atom stereocenters. The molecular formula is C22H26N4O4S. The normalized spacial score (nSPS) is 15.4. The Labute approximate surface area is 181 Å². The molecule has 8 nitrogen and oxygen atoms in total. The van der Waals surface area contributed by atoms with Gasteiger partial charge in [0.15, 0.2) is 5.76 Å². The average Bonchev–Trinajstić information content (AvgIpc) is 3.36. The highest BCUT2D eigenvalue weighted by Gasteiger charge is 2.29. The number of aryl methyl sites for hydroxylation is 2. The van der Waals surface area contributed by atoms with Gasteiger partial charge in [-0.15, -0.1) is 0 Å². The SMILES string of the molecule is Cc1ccc(C(=O)N2CCC(NS(=O)(=O)c3ccc(-c4n[nH]c(C)c4C)o3)CC2)cc1. The molecule has 1 aliphatic rings. The van der Waals surface area contributed by atoms with Gasteiger partial charge < -0.3 is 9.32 Å². The summed E-state index contributed by atoms with van der Waals surface area (Å²) in [6, 6.07) is 10.3. The Hall–Kier alpha value is -2.91. The molecule has 2 N–H and O–H groups in total. The summed E-state index contributed by atoms with van der Waals surface area (Å²) in [4.78, 5) is 14.4. The average molecular weight is 443 g/mol. The molecule has 1 aliphatic heterocycles. The van der Waals surface area contributed by atoms with Crippen LogP contribution < -0.4 is 4.72 Å². The van der Waals surface area contributed by atoms with Crippen LogP contribution in [0, 0.1) is 20.8 Å². The van der Waals surface area contributed by atoms with Crippen molar-refractivity contribution in [3.05, 3.63) is 58.8 Å². The van der Waals surface area contributed by atoms with E-state index in [-0.39, 0.29) is 17.0 Å². The molecule has 1 saturated heterocycles. The number of benzene rings is 1. The van der Waals surface area contributed by atoms with Gasteiger partial charge in [-0.25, -0.2) is 13.1 Å². The van der Waals surface area contributed by atoms with Crippen LogP contribution in [0.2, 0.25) is 0 Å². The highest BCUT2D eigenvalue weighted by molar-refractivity contribution is 7.89. The summed E-state index contributed by atoms with van der Waals surface area (Å²) in [5.74, 6) is 0.377. The topological polar surface area (TPSA) is 108 Å². The van der Waals surface area contributed by atoms with E-state index < -0.39 is 10.0 Å². The van der Waals surface area contributed by atoms with E-state index in [0.29, 0.717) is 42.9 Å². The first-order chi connectivity index (χ1) is 14.7. The maximum atomic E-state index is 12.8. The van der Waals surface area contributed by atoms with Gasteiger partial charge in [0.2, 0.25) is 5.09 Å². The molecule has 0 radical (unpaired) electrons. The number of hydrogen-bond acceptors (Lipinski definition) is 5. The van der Waals surface area contributed by atoms with Crippen molar-refractivity contribution < 1.29 is 17.6 Å². The van der Waals surface area contributed by atoms with E-state index >= 15 is 0 Å². The molecular weight excluding hydrogens is 416 g/mol. The minimum atomic E-state index is -3.81. The molecule has 9 heteroatoms. The summed E-state index contributed by atoms with van der Waals surface area (Å²) >= 11 is 0. The monoisotopic (exact) mass is 442 g/mol. The number of nitrogens with one attached hydrogen (secondary N) is 2. The van der Waals surface area contributed by atoms with Crippen LogP contribution in [0.5, 0.6) is 0 Å². The summed E-state index contributed by atoms with van der Waals surface area (Å²) in [7, 11) is -3.81. The van der Waals surface area contributed by atoms with Crippen molar-refractivity contribution >= 4 is 15.9 Å². The molecule has 1 amide bonds. The van der Waals surface area contributed by atoms with Gasteiger partial charge in [0, 0.05) is 36.0 Å². The Morgan fingerprint density at radius 1 is 1.10 bits per heavy atom. The van der Waals surface area contributed by atoms with Crippen molar-refractivity contribution in [1.29, 1.82) is 0 Å². The summed E-state index contributed by atoms with van der Waals surface area (Å²) in [6.45, 7) is 6.76. The Kier molecular flexibility index (Phi) is 5.72. The van der Waals surface area contributed by atoms with Crippen molar-refractivity contribution in [2.24, 2.45) is 0 Å². The van der Waals surface area contributed by atoms with Gasteiger partial charge in [-0.3, -0.25) is 9.89 Å². The Morgan fingerprint density at radius 3 is 2.39 bits per heavy atom. The molecule has 3 heterocycles. The maximum Gasteiger partial charge on any atom is 0.274 e. The Balaban J connectivity index is 1.38. The van der Waals surface area contributed by atoms with E-state index in [9.17, 15) is 13.2 Å². The van der Waals surface area contributed by atoms with Crippen molar-refractivity contribution in [3.8, 4) is 11.5 Å². The smallest absolute Gasteiger partial charge is 0.274 e. The highest BCUT2D eigenvalue weighted by atomic mass is 32.2. The number of hydrogen-bond donors (Lipinski definition) is 2. The standard InChI is InChI=1S/C22H26N4O4S/c1-14-4-6-17(7-5-14)22(27)26-12-10-18(11-13-26)25-31(28,29)20-9-8-19(30-20)21-15(2)16(3)23-24-21/h4-9,18,25H,10-13H2,1-3H3,(H,23,24). The number of carbonyl (C=O) groups is 1. The van der Waals surface area contributed by atoms with Crippen LogP contribution in [0.3, 0.4) is 0 Å². The van der Waals surface area contributed by atoms with E-state index in [1.165, 1.54) is 6.07 Å². The fraction of sp³-hybridized carbons (Fsp3) is 0.364. The lowest BCUT2D eigenvalue weighted by molar-refractivity contribution is 0.0711. The number of piperidine rings is 1. The van der Waals surface area contributed by atoms with Crippen LogP contribution in [-0.4, -0.2) is 48.6 Å². The molecule has 164 valence electrons. The Morgan fingerprint density at radius 2 is 1.77 bits per heavy atom. The van der Waals surface area contributed by atoms with E-state index in [4.69, 9.17) is 4.42 Å². The van der Waals surface area contributed by atoms with Crippen molar-refractivity contribution in [2.75, 3.05) is 13.1 Å². The molecule has 3 aromatic rings. The second kappa shape index (κ2) is 8.32. The zero-order chi connectivity index (χ0) is 22.2. The predicted octanol–water partition coefficient (Wildman–Crippen LogP) is 3.18. The van der Waals surface area contributed by atoms with E-state index in [1.54, 1.807) is 11.0 Å². The summed E-state index contributed by atoms with van der Waals surface area (Å²) in [6.07, 6.45) is 1.09. The van der Waals surface area contributed by atoms with Crippen LogP contribution in [0.1, 0.15) is 40.0 Å². The van der Waals surface area contributed by atoms with Crippen molar-refractivity contribution in [3.63, 3.8) is 0 Å². The maximum absolute atomic E-state index is 12.8. The molecule has 4 rings (SSSR count). The van der Waals surface area contributed by atoms with Crippen molar-refractivity contribution in [1.82, 2.24) is 19.8 Å². The lowest BCUT2D eigenvalue weighted by atomic mass is 10.0. The lowest BCUT2D eigenvalue weighted by Gasteiger charge is -2.32. The number of carbonyl (C=O) groups excluding carboxylic acids is 1. The van der Waals surface area contributed by atoms with Crippen LogP contribution in [0.15, 0.2) is 45.9 Å². The van der Waals surface area contributed by atoms with Gasteiger partial charge in [0.05, 0.1) is 0 Å². The number of sulfonamides is 1. The van der Waals surface area contributed by atoms with Crippen LogP contribution in [0.25, 0.3) is 11.5 Å². The predicted molar refractivity (Wildman–Crippen MR) is 116 cm³/mol. The van der Waals surface area contributed by atoms with Gasteiger partial charge >= 0.3 is 0 Å². The first kappa shape index (κ1) is 21.3. The number of nitrogens with zero attached hydrogens (tertiary/aromatic N) is 2. The molecule has 1 aromatic carbocycles. The Bertz CT molecular complexity index is 1190. The second-order valence-electron chi connectivity index (χ2n) is 7.99. The first-order valence-electron chi connectivity index (χ1n) is 10.2. The summed E-state index contributed by atoms with van der Waals surface area (Å²) < 4.78 is 33.9. The third-order valence-corrected chi connectivity index (χ3v) is 7.13. The summed E-state index contributed by atoms with van der Waals surface area (Å²) in [5, 5.41) is 6.91. The third-order valence-electron chi connectivity index (χ3n) is 5.74. The van der Waals surface area contributed by atoms with Gasteiger partial charge in [0.25, 0.3) is 15.9 Å². The summed E-state index contributed by atoms with van der Waals surface area (Å²) in [5.41, 5.74) is 4.17. The van der Waals surface area contributed by atoms with Crippen LogP contribution >= 0.6 is 0 Å². The molecule has 1 fully saturated rings. The van der Waals surface area contributed by atoms with Gasteiger partial charge in [-0.2, -0.15) is 5.10 Å². The molecule has 0 spiro atoms. The lowest BCUT2D eigenvalue weighted by Crippen LogP contribution is -2.46. The molecule has 0 aliphatic carbocycles. The molecule has 0 bridgehead atoms. The minimum absolute atomic E-state index is 0.0263. The number of aromatic nitrogens is 2. The number of H-pyrrole nitrogens is 1. The molecule has 31 heavy (non-hydrogen) atoms. The van der Waals surface area contributed by atoms with E-state index in [1.807, 2.05) is 45.0 Å². The van der Waals surface area contributed by atoms with Crippen LogP contribution in [0.4, 0.5) is 0 Å². The quantitative estimate of drug-likeness (QED) is 0.631.